The Morgan fingerprint density at radius 3 is 2.70 bits per heavy atom. The zero-order chi connectivity index (χ0) is 23.4. The molecular weight excluding hydrogens is 420 g/mol. The van der Waals surface area contributed by atoms with Gasteiger partial charge in [0, 0.05) is 30.3 Å². The molecule has 0 unspecified atom stereocenters. The van der Waals surface area contributed by atoms with Crippen LogP contribution in [0.1, 0.15) is 34.8 Å². The number of fused-ring (bicyclic) bond motifs is 1. The molecule has 0 radical (unpaired) electrons. The lowest BCUT2D eigenvalue weighted by atomic mass is 10.0. The molecule has 9 nitrogen and oxygen atoms in total. The molecule has 3 aromatic rings. The highest BCUT2D eigenvalue weighted by atomic mass is 16.5. The third-order valence-electron chi connectivity index (χ3n) is 5.57. The summed E-state index contributed by atoms with van der Waals surface area (Å²) >= 11 is 0. The van der Waals surface area contributed by atoms with Crippen molar-refractivity contribution in [3.05, 3.63) is 64.8 Å². The Morgan fingerprint density at radius 1 is 1.18 bits per heavy atom. The Bertz CT molecular complexity index is 1140. The summed E-state index contributed by atoms with van der Waals surface area (Å²) in [5.41, 5.74) is 3.08. The summed E-state index contributed by atoms with van der Waals surface area (Å²) in [4.78, 5) is 38.0. The predicted molar refractivity (Wildman–Crippen MR) is 124 cm³/mol. The molecule has 0 spiro atoms. The fraction of sp³-hybridized carbons (Fsp3) is 0.375. The highest BCUT2D eigenvalue weighted by molar-refractivity contribution is 5.95. The lowest BCUT2D eigenvalue weighted by molar-refractivity contribution is -0.119. The van der Waals surface area contributed by atoms with Gasteiger partial charge in [-0.05, 0) is 39.3 Å². The first-order chi connectivity index (χ1) is 15.9. The lowest BCUT2D eigenvalue weighted by Gasteiger charge is -2.29. The van der Waals surface area contributed by atoms with Crippen molar-refractivity contribution in [3.63, 3.8) is 0 Å². The van der Waals surface area contributed by atoms with Crippen LogP contribution in [0.5, 0.6) is 0 Å². The van der Waals surface area contributed by atoms with Gasteiger partial charge in [0.15, 0.2) is 5.82 Å². The maximum absolute atomic E-state index is 12.7. The first-order valence-corrected chi connectivity index (χ1v) is 11.0. The molecule has 0 aliphatic carbocycles. The van der Waals surface area contributed by atoms with Crippen LogP contribution in [-0.4, -0.2) is 52.0 Å². The van der Waals surface area contributed by atoms with Gasteiger partial charge < -0.3 is 9.84 Å². The number of hydrogen-bond acceptors (Lipinski definition) is 7. The van der Waals surface area contributed by atoms with E-state index in [9.17, 15) is 9.59 Å². The standard InChI is InChI=1S/C24H28N6O3/c1-16-13-20(28-33-16)26-22(31)15-29(3)14-21-25-17(2)19-9-10-23(32)30(24(19)27-21)12-11-18-7-5-4-6-8-18/h4-8,13H,9-12,14-15H2,1-3H3,(H,26,28,31). The molecule has 33 heavy (non-hydrogen) atoms. The van der Waals surface area contributed by atoms with E-state index in [1.807, 2.05) is 37.1 Å². The van der Waals surface area contributed by atoms with Gasteiger partial charge in [0.1, 0.15) is 17.4 Å². The first-order valence-electron chi connectivity index (χ1n) is 11.0. The monoisotopic (exact) mass is 448 g/mol. The minimum absolute atomic E-state index is 0.0816. The van der Waals surface area contributed by atoms with Gasteiger partial charge >= 0.3 is 0 Å². The highest BCUT2D eigenvalue weighted by Crippen LogP contribution is 2.28. The number of nitrogens with zero attached hydrogens (tertiary/aromatic N) is 5. The van der Waals surface area contributed by atoms with E-state index in [1.165, 1.54) is 5.56 Å². The van der Waals surface area contributed by atoms with E-state index in [1.54, 1.807) is 17.9 Å². The molecule has 1 aliphatic rings. The van der Waals surface area contributed by atoms with E-state index in [0.717, 1.165) is 17.7 Å². The molecule has 0 saturated carbocycles. The Morgan fingerprint density at radius 2 is 1.97 bits per heavy atom. The summed E-state index contributed by atoms with van der Waals surface area (Å²) in [7, 11) is 1.82. The number of rotatable bonds is 8. The second-order valence-electron chi connectivity index (χ2n) is 8.35. The maximum atomic E-state index is 12.7. The molecule has 0 bridgehead atoms. The van der Waals surface area contributed by atoms with Crippen LogP contribution in [0.25, 0.3) is 0 Å². The van der Waals surface area contributed by atoms with Crippen LogP contribution in [0.2, 0.25) is 0 Å². The van der Waals surface area contributed by atoms with E-state index >= 15 is 0 Å². The fourth-order valence-electron chi connectivity index (χ4n) is 3.98. The predicted octanol–water partition coefficient (Wildman–Crippen LogP) is 2.67. The number of amides is 2. The van der Waals surface area contributed by atoms with Crippen molar-refractivity contribution >= 4 is 23.5 Å². The van der Waals surface area contributed by atoms with E-state index in [0.29, 0.717) is 49.2 Å². The van der Waals surface area contributed by atoms with Gasteiger partial charge in [-0.2, -0.15) is 0 Å². The number of anilines is 2. The van der Waals surface area contributed by atoms with Gasteiger partial charge in [-0.1, -0.05) is 35.5 Å². The second kappa shape index (κ2) is 9.91. The third kappa shape index (κ3) is 5.61. The molecule has 1 aliphatic heterocycles. The smallest absolute Gasteiger partial charge is 0.239 e. The molecule has 2 amide bonds. The minimum Gasteiger partial charge on any atom is -0.360 e. The topological polar surface area (TPSA) is 104 Å². The van der Waals surface area contributed by atoms with Gasteiger partial charge in [0.05, 0.1) is 13.1 Å². The number of hydrogen-bond donors (Lipinski definition) is 1. The lowest BCUT2D eigenvalue weighted by Crippen LogP contribution is -2.38. The molecule has 1 N–H and O–H groups in total. The Labute approximate surface area is 192 Å². The van der Waals surface area contributed by atoms with Crippen LogP contribution in [-0.2, 0) is 29.0 Å². The van der Waals surface area contributed by atoms with Crippen molar-refractivity contribution in [2.45, 2.75) is 39.7 Å². The zero-order valence-corrected chi connectivity index (χ0v) is 19.2. The largest absolute Gasteiger partial charge is 0.360 e. The quantitative estimate of drug-likeness (QED) is 0.565. The number of carbonyl (C=O) groups excluding carboxylic acids is 2. The maximum Gasteiger partial charge on any atom is 0.239 e. The van der Waals surface area contributed by atoms with Crippen LogP contribution in [0, 0.1) is 13.8 Å². The molecule has 2 aromatic heterocycles. The molecule has 0 fully saturated rings. The van der Waals surface area contributed by atoms with Crippen LogP contribution in [0.3, 0.4) is 0 Å². The van der Waals surface area contributed by atoms with Crippen molar-refractivity contribution in [1.82, 2.24) is 20.0 Å². The van der Waals surface area contributed by atoms with Crippen LogP contribution < -0.4 is 10.2 Å². The van der Waals surface area contributed by atoms with Gasteiger partial charge in [-0.15, -0.1) is 0 Å². The number of aryl methyl sites for hydroxylation is 2. The number of carbonyl (C=O) groups is 2. The van der Waals surface area contributed by atoms with Crippen LogP contribution in [0.4, 0.5) is 11.6 Å². The number of benzene rings is 1. The molecule has 0 saturated heterocycles. The van der Waals surface area contributed by atoms with E-state index < -0.39 is 0 Å². The van der Waals surface area contributed by atoms with Crippen molar-refractivity contribution in [3.8, 4) is 0 Å². The van der Waals surface area contributed by atoms with Gasteiger partial charge in [-0.3, -0.25) is 19.4 Å². The van der Waals surface area contributed by atoms with Gasteiger partial charge in [0.25, 0.3) is 0 Å². The summed E-state index contributed by atoms with van der Waals surface area (Å²) in [5.74, 6) is 2.17. The Balaban J connectivity index is 1.45. The molecule has 3 heterocycles. The van der Waals surface area contributed by atoms with E-state index in [4.69, 9.17) is 9.51 Å². The Kier molecular flexibility index (Phi) is 6.79. The summed E-state index contributed by atoms with van der Waals surface area (Å²) in [6.45, 7) is 4.80. The summed E-state index contributed by atoms with van der Waals surface area (Å²) in [6, 6.07) is 11.8. The second-order valence-corrected chi connectivity index (χ2v) is 8.35. The van der Waals surface area contributed by atoms with Crippen molar-refractivity contribution in [2.24, 2.45) is 0 Å². The molecular formula is C24H28N6O3. The average molecular weight is 449 g/mol. The first kappa shape index (κ1) is 22.6. The summed E-state index contributed by atoms with van der Waals surface area (Å²) < 4.78 is 4.97. The van der Waals surface area contributed by atoms with Crippen molar-refractivity contribution in [1.29, 1.82) is 0 Å². The SMILES string of the molecule is Cc1cc(NC(=O)CN(C)Cc2nc(C)c3c(n2)N(CCc2ccccc2)C(=O)CC3)no1. The molecule has 1 aromatic carbocycles. The zero-order valence-electron chi connectivity index (χ0n) is 19.2. The van der Waals surface area contributed by atoms with Crippen LogP contribution in [0.15, 0.2) is 40.9 Å². The molecule has 172 valence electrons. The van der Waals surface area contributed by atoms with Crippen LogP contribution >= 0.6 is 0 Å². The molecule has 9 heteroatoms. The Hall–Kier alpha value is -3.59. The van der Waals surface area contributed by atoms with E-state index in [-0.39, 0.29) is 18.4 Å². The third-order valence-corrected chi connectivity index (χ3v) is 5.57. The number of likely N-dealkylation sites (N-methyl/N-ethyl adjacent to an activating group) is 1. The van der Waals surface area contributed by atoms with E-state index in [2.05, 4.69) is 27.6 Å². The normalized spacial score (nSPS) is 13.3. The van der Waals surface area contributed by atoms with Gasteiger partial charge in [0.2, 0.25) is 11.8 Å². The fourth-order valence-corrected chi connectivity index (χ4v) is 3.98. The van der Waals surface area contributed by atoms with Crippen molar-refractivity contribution < 1.29 is 14.1 Å². The highest BCUT2D eigenvalue weighted by Gasteiger charge is 2.28. The minimum atomic E-state index is -0.208. The van der Waals surface area contributed by atoms with Gasteiger partial charge in [-0.25, -0.2) is 9.97 Å². The molecule has 0 atom stereocenters. The van der Waals surface area contributed by atoms with Crippen molar-refractivity contribution in [2.75, 3.05) is 30.4 Å². The summed E-state index contributed by atoms with van der Waals surface area (Å²) in [6.07, 6.45) is 1.87. The summed E-state index contributed by atoms with van der Waals surface area (Å²) in [5, 5.41) is 6.48. The number of nitrogens with one attached hydrogen (secondary N) is 1. The average Bonchev–Trinajstić information content (AvgIpc) is 3.17. The molecule has 4 rings (SSSR count). The number of aromatic nitrogens is 3.